The van der Waals surface area contributed by atoms with Crippen LogP contribution in [-0.4, -0.2) is 10.9 Å². The second-order valence-electron chi connectivity index (χ2n) is 7.24. The van der Waals surface area contributed by atoms with Gasteiger partial charge in [-0.2, -0.15) is 0 Å². The molecule has 0 aliphatic heterocycles. The highest BCUT2D eigenvalue weighted by atomic mass is 79.9. The van der Waals surface area contributed by atoms with Gasteiger partial charge in [0.15, 0.2) is 0 Å². The molecule has 0 radical (unpaired) electrons. The van der Waals surface area contributed by atoms with E-state index in [0.717, 1.165) is 50.7 Å². The summed E-state index contributed by atoms with van der Waals surface area (Å²) in [5.41, 5.74) is 6.36. The van der Waals surface area contributed by atoms with E-state index in [1.165, 1.54) is 5.56 Å². The fourth-order valence-corrected chi connectivity index (χ4v) is 4.01. The van der Waals surface area contributed by atoms with Gasteiger partial charge in [0.25, 0.3) is 5.91 Å². The number of nitrogens with one attached hydrogen (secondary N) is 1. The lowest BCUT2D eigenvalue weighted by Gasteiger charge is -2.14. The zero-order valence-electron chi connectivity index (χ0n) is 17.1. The Kier molecular flexibility index (Phi) is 5.96. The van der Waals surface area contributed by atoms with E-state index in [4.69, 9.17) is 4.98 Å². The number of aryl methyl sites for hydroxylation is 2. The molecule has 150 valence electrons. The van der Waals surface area contributed by atoms with Crippen LogP contribution in [0, 0.1) is 0 Å². The number of pyridine rings is 1. The van der Waals surface area contributed by atoms with Crippen molar-refractivity contribution in [1.82, 2.24) is 4.98 Å². The second kappa shape index (κ2) is 8.80. The minimum Gasteiger partial charge on any atom is -0.322 e. The number of carbonyl (C=O) groups excluding carboxylic acids is 1. The van der Waals surface area contributed by atoms with Crippen molar-refractivity contribution in [2.75, 3.05) is 5.32 Å². The summed E-state index contributed by atoms with van der Waals surface area (Å²) in [5, 5.41) is 4.00. The summed E-state index contributed by atoms with van der Waals surface area (Å²) < 4.78 is 1.01. The molecule has 0 unspecified atom stereocenters. The summed E-state index contributed by atoms with van der Waals surface area (Å²) in [7, 11) is 0. The molecular formula is C26H23BrN2O. The van der Waals surface area contributed by atoms with E-state index in [-0.39, 0.29) is 5.91 Å². The lowest BCUT2D eigenvalue weighted by Crippen LogP contribution is -2.14. The lowest BCUT2D eigenvalue weighted by molar-refractivity contribution is 0.102. The number of halogens is 1. The molecule has 0 saturated carbocycles. The van der Waals surface area contributed by atoms with E-state index < -0.39 is 0 Å². The van der Waals surface area contributed by atoms with Gasteiger partial charge in [-0.1, -0.05) is 66.2 Å². The monoisotopic (exact) mass is 458 g/mol. The number of carbonyl (C=O) groups is 1. The molecule has 1 heterocycles. The third-order valence-electron chi connectivity index (χ3n) is 5.29. The van der Waals surface area contributed by atoms with E-state index in [2.05, 4.69) is 47.2 Å². The van der Waals surface area contributed by atoms with Gasteiger partial charge in [-0.3, -0.25) is 4.79 Å². The maximum Gasteiger partial charge on any atom is 0.256 e. The molecule has 4 rings (SSSR count). The number of nitrogens with zero attached hydrogens (tertiary/aromatic N) is 1. The molecule has 0 aliphatic carbocycles. The van der Waals surface area contributed by atoms with Crippen LogP contribution in [0.3, 0.4) is 0 Å². The Balaban J connectivity index is 1.84. The van der Waals surface area contributed by atoms with Crippen LogP contribution in [-0.2, 0) is 12.8 Å². The Morgan fingerprint density at radius 1 is 0.933 bits per heavy atom. The number of anilines is 1. The smallest absolute Gasteiger partial charge is 0.256 e. The van der Waals surface area contributed by atoms with Crippen LogP contribution in [0.15, 0.2) is 77.3 Å². The number of amides is 1. The zero-order valence-corrected chi connectivity index (χ0v) is 18.7. The van der Waals surface area contributed by atoms with Gasteiger partial charge in [0.2, 0.25) is 0 Å². The van der Waals surface area contributed by atoms with Crippen LogP contribution >= 0.6 is 15.9 Å². The highest BCUT2D eigenvalue weighted by Gasteiger charge is 2.16. The molecule has 0 spiro atoms. The SMILES string of the molecule is CCc1ccc2nc(-c3ccccc3)cc(C(=O)Nc3ccc(Br)cc3CC)c2c1. The fraction of sp³-hybridized carbons (Fsp3) is 0.154. The fourth-order valence-electron chi connectivity index (χ4n) is 3.60. The first-order chi connectivity index (χ1) is 14.6. The summed E-state index contributed by atoms with van der Waals surface area (Å²) in [6.07, 6.45) is 1.74. The van der Waals surface area contributed by atoms with E-state index in [0.29, 0.717) is 5.56 Å². The Hall–Kier alpha value is -2.98. The van der Waals surface area contributed by atoms with Crippen LogP contribution in [0.1, 0.15) is 35.3 Å². The van der Waals surface area contributed by atoms with Crippen molar-refractivity contribution in [3.63, 3.8) is 0 Å². The Morgan fingerprint density at radius 2 is 1.73 bits per heavy atom. The molecule has 4 aromatic rings. The highest BCUT2D eigenvalue weighted by Crippen LogP contribution is 2.28. The van der Waals surface area contributed by atoms with Gasteiger partial charge in [0.05, 0.1) is 16.8 Å². The number of hydrogen-bond donors (Lipinski definition) is 1. The maximum atomic E-state index is 13.4. The van der Waals surface area contributed by atoms with Crippen LogP contribution in [0.2, 0.25) is 0 Å². The normalized spacial score (nSPS) is 10.9. The number of benzene rings is 3. The van der Waals surface area contributed by atoms with Crippen molar-refractivity contribution in [2.45, 2.75) is 26.7 Å². The van der Waals surface area contributed by atoms with Crippen molar-refractivity contribution in [3.8, 4) is 11.3 Å². The van der Waals surface area contributed by atoms with Gasteiger partial charge in [-0.05, 0) is 60.4 Å². The number of fused-ring (bicyclic) bond motifs is 1. The summed E-state index contributed by atoms with van der Waals surface area (Å²) in [4.78, 5) is 18.2. The molecule has 0 fully saturated rings. The van der Waals surface area contributed by atoms with E-state index in [1.807, 2.05) is 60.7 Å². The van der Waals surface area contributed by atoms with Gasteiger partial charge in [-0.25, -0.2) is 4.98 Å². The van der Waals surface area contributed by atoms with Crippen LogP contribution in [0.5, 0.6) is 0 Å². The molecule has 3 aromatic carbocycles. The van der Waals surface area contributed by atoms with Gasteiger partial charge in [0.1, 0.15) is 0 Å². The van der Waals surface area contributed by atoms with Crippen LogP contribution in [0.25, 0.3) is 22.2 Å². The molecule has 1 aromatic heterocycles. The van der Waals surface area contributed by atoms with Crippen molar-refractivity contribution in [1.29, 1.82) is 0 Å². The lowest BCUT2D eigenvalue weighted by atomic mass is 10.0. The minimum absolute atomic E-state index is 0.121. The summed E-state index contributed by atoms with van der Waals surface area (Å²) in [6.45, 7) is 4.20. The topological polar surface area (TPSA) is 42.0 Å². The average molecular weight is 459 g/mol. The predicted octanol–water partition coefficient (Wildman–Crippen LogP) is 7.04. The highest BCUT2D eigenvalue weighted by molar-refractivity contribution is 9.10. The van der Waals surface area contributed by atoms with Gasteiger partial charge in [0, 0.05) is 21.1 Å². The van der Waals surface area contributed by atoms with Crippen molar-refractivity contribution in [2.24, 2.45) is 0 Å². The first-order valence-corrected chi connectivity index (χ1v) is 11.0. The third-order valence-corrected chi connectivity index (χ3v) is 5.79. The second-order valence-corrected chi connectivity index (χ2v) is 8.15. The maximum absolute atomic E-state index is 13.4. The summed E-state index contributed by atoms with van der Waals surface area (Å²) in [5.74, 6) is -0.121. The quantitative estimate of drug-likeness (QED) is 0.348. The summed E-state index contributed by atoms with van der Waals surface area (Å²) >= 11 is 3.51. The molecule has 1 amide bonds. The van der Waals surface area contributed by atoms with Crippen LogP contribution < -0.4 is 5.32 Å². The standard InChI is InChI=1S/C26H23BrN2O/c1-3-17-10-12-24-21(14-17)22(16-25(28-24)19-8-6-5-7-9-19)26(30)29-23-13-11-20(27)15-18(23)4-2/h5-16H,3-4H2,1-2H3,(H,29,30). The van der Waals surface area contributed by atoms with Crippen molar-refractivity contribution < 1.29 is 4.79 Å². The van der Waals surface area contributed by atoms with E-state index >= 15 is 0 Å². The molecule has 0 bridgehead atoms. The molecule has 3 nitrogen and oxygen atoms in total. The number of rotatable bonds is 5. The molecular weight excluding hydrogens is 436 g/mol. The van der Waals surface area contributed by atoms with Gasteiger partial charge >= 0.3 is 0 Å². The first kappa shape index (κ1) is 20.3. The minimum atomic E-state index is -0.121. The summed E-state index contributed by atoms with van der Waals surface area (Å²) in [6, 6.07) is 24.0. The molecule has 0 atom stereocenters. The Bertz CT molecular complexity index is 1220. The number of hydrogen-bond acceptors (Lipinski definition) is 2. The molecule has 4 heteroatoms. The number of aromatic nitrogens is 1. The zero-order chi connectivity index (χ0) is 21.1. The predicted molar refractivity (Wildman–Crippen MR) is 128 cm³/mol. The van der Waals surface area contributed by atoms with Crippen LogP contribution in [0.4, 0.5) is 5.69 Å². The van der Waals surface area contributed by atoms with Crippen molar-refractivity contribution >= 4 is 38.4 Å². The largest absolute Gasteiger partial charge is 0.322 e. The molecule has 1 N–H and O–H groups in total. The van der Waals surface area contributed by atoms with Crippen molar-refractivity contribution in [3.05, 3.63) is 94.0 Å². The average Bonchev–Trinajstić information content (AvgIpc) is 2.79. The van der Waals surface area contributed by atoms with E-state index in [9.17, 15) is 4.79 Å². The molecule has 0 aliphatic rings. The molecule has 0 saturated heterocycles. The van der Waals surface area contributed by atoms with E-state index in [1.54, 1.807) is 0 Å². The van der Waals surface area contributed by atoms with Gasteiger partial charge in [-0.15, -0.1) is 0 Å². The Morgan fingerprint density at radius 3 is 2.47 bits per heavy atom. The van der Waals surface area contributed by atoms with Gasteiger partial charge < -0.3 is 5.32 Å². The molecule has 30 heavy (non-hydrogen) atoms. The Labute approximate surface area is 185 Å². The third kappa shape index (κ3) is 4.14. The first-order valence-electron chi connectivity index (χ1n) is 10.2.